The minimum absolute atomic E-state index is 0.0242. The lowest BCUT2D eigenvalue weighted by molar-refractivity contribution is -0.147. The van der Waals surface area contributed by atoms with Crippen LogP contribution < -0.4 is 4.90 Å². The number of benzene rings is 2. The monoisotopic (exact) mass is 532 g/mol. The average molecular weight is 534 g/mol. The summed E-state index contributed by atoms with van der Waals surface area (Å²) in [5.74, 6) is -1.69. The van der Waals surface area contributed by atoms with E-state index < -0.39 is 11.9 Å². The predicted molar refractivity (Wildman–Crippen MR) is 127 cm³/mol. The fourth-order valence-electron chi connectivity index (χ4n) is 3.43. The van der Waals surface area contributed by atoms with Crippen molar-refractivity contribution in [2.75, 3.05) is 18.1 Å². The molecule has 1 aliphatic heterocycles. The molecule has 2 heterocycles. The lowest BCUT2D eigenvalue weighted by Crippen LogP contribution is -2.27. The molecule has 4 rings (SSSR count). The standard InChI is InChI=1S/C23H18BrClN2O4S/c1-13-21(15-3-2-4-18(25)9-15)26-23(32-13)27-11-16(10-20(27)29)22(30)31-12-19(28)14-5-7-17(24)8-6-14/h2-9,16H,10-12H2,1H3. The van der Waals surface area contributed by atoms with Gasteiger partial charge in [-0.3, -0.25) is 19.3 Å². The van der Waals surface area contributed by atoms with E-state index in [1.165, 1.54) is 16.2 Å². The molecule has 6 nitrogen and oxygen atoms in total. The lowest BCUT2D eigenvalue weighted by atomic mass is 10.1. The minimum Gasteiger partial charge on any atom is -0.457 e. The first-order valence-electron chi connectivity index (χ1n) is 9.81. The van der Waals surface area contributed by atoms with Crippen LogP contribution in [0.5, 0.6) is 0 Å². The number of nitrogens with zero attached hydrogens (tertiary/aromatic N) is 2. The number of ketones is 1. The highest BCUT2D eigenvalue weighted by Gasteiger charge is 2.38. The highest BCUT2D eigenvalue weighted by Crippen LogP contribution is 2.36. The van der Waals surface area contributed by atoms with Gasteiger partial charge in [0.1, 0.15) is 0 Å². The van der Waals surface area contributed by atoms with Gasteiger partial charge in [0.15, 0.2) is 17.5 Å². The summed E-state index contributed by atoms with van der Waals surface area (Å²) in [7, 11) is 0. The van der Waals surface area contributed by atoms with Gasteiger partial charge in [-0.25, -0.2) is 4.98 Å². The summed E-state index contributed by atoms with van der Waals surface area (Å²) in [6, 6.07) is 14.2. The fourth-order valence-corrected chi connectivity index (χ4v) is 4.84. The fraction of sp³-hybridized carbons (Fsp3) is 0.217. The number of halogens is 2. The zero-order chi connectivity index (χ0) is 22.8. The molecule has 0 N–H and O–H groups in total. The van der Waals surface area contributed by atoms with Gasteiger partial charge in [-0.05, 0) is 31.2 Å². The van der Waals surface area contributed by atoms with Gasteiger partial charge in [0.05, 0.1) is 11.6 Å². The molecule has 0 saturated carbocycles. The van der Waals surface area contributed by atoms with Crippen LogP contribution in [0, 0.1) is 12.8 Å². The number of ether oxygens (including phenoxy) is 1. The molecule has 2 aromatic carbocycles. The number of aryl methyl sites for hydroxylation is 1. The second-order valence-electron chi connectivity index (χ2n) is 7.35. The molecule has 1 saturated heterocycles. The summed E-state index contributed by atoms with van der Waals surface area (Å²) in [4.78, 5) is 44.4. The van der Waals surface area contributed by atoms with Crippen molar-refractivity contribution in [1.82, 2.24) is 4.98 Å². The number of esters is 1. The molecule has 1 unspecified atom stereocenters. The summed E-state index contributed by atoms with van der Waals surface area (Å²) in [6.07, 6.45) is 0.0242. The van der Waals surface area contributed by atoms with Gasteiger partial charge in [-0.2, -0.15) is 0 Å². The van der Waals surface area contributed by atoms with E-state index in [-0.39, 0.29) is 31.3 Å². The van der Waals surface area contributed by atoms with Gasteiger partial charge in [-0.15, -0.1) is 11.3 Å². The number of carbonyl (C=O) groups is 3. The molecule has 32 heavy (non-hydrogen) atoms. The molecular formula is C23H18BrClN2O4S. The van der Waals surface area contributed by atoms with Gasteiger partial charge in [-0.1, -0.05) is 51.8 Å². The summed E-state index contributed by atoms with van der Waals surface area (Å²) in [6.45, 7) is 1.74. The zero-order valence-corrected chi connectivity index (χ0v) is 20.2. The Morgan fingerprint density at radius 3 is 2.72 bits per heavy atom. The normalized spacial score (nSPS) is 15.8. The third-order valence-electron chi connectivity index (χ3n) is 5.08. The average Bonchev–Trinajstić information content (AvgIpc) is 3.35. The molecular weight excluding hydrogens is 516 g/mol. The highest BCUT2D eigenvalue weighted by atomic mass is 79.9. The van der Waals surface area contributed by atoms with Crippen molar-refractivity contribution in [3.8, 4) is 11.3 Å². The van der Waals surface area contributed by atoms with Gasteiger partial charge in [0.25, 0.3) is 0 Å². The predicted octanol–water partition coefficient (Wildman–Crippen LogP) is 5.31. The van der Waals surface area contributed by atoms with Crippen LogP contribution >= 0.6 is 38.9 Å². The van der Waals surface area contributed by atoms with Gasteiger partial charge >= 0.3 is 5.97 Å². The molecule has 1 fully saturated rings. The number of anilines is 1. The van der Waals surface area contributed by atoms with Crippen LogP contribution in [0.2, 0.25) is 5.02 Å². The van der Waals surface area contributed by atoms with Crippen molar-refractivity contribution >= 4 is 61.7 Å². The van der Waals surface area contributed by atoms with Crippen LogP contribution in [-0.2, 0) is 14.3 Å². The lowest BCUT2D eigenvalue weighted by Gasteiger charge is -2.12. The Bertz CT molecular complexity index is 1190. The van der Waals surface area contributed by atoms with E-state index in [1.807, 2.05) is 25.1 Å². The van der Waals surface area contributed by atoms with Crippen molar-refractivity contribution < 1.29 is 19.1 Å². The van der Waals surface area contributed by atoms with Crippen LogP contribution in [0.3, 0.4) is 0 Å². The molecule has 3 aromatic rings. The number of carbonyl (C=O) groups excluding carboxylic acids is 3. The molecule has 1 aliphatic rings. The first kappa shape index (κ1) is 22.6. The Hall–Kier alpha value is -2.55. The Labute approximate surface area is 202 Å². The van der Waals surface area contributed by atoms with E-state index in [1.54, 1.807) is 30.3 Å². The third kappa shape index (κ3) is 4.92. The van der Waals surface area contributed by atoms with E-state index in [2.05, 4.69) is 20.9 Å². The number of thiazole rings is 1. The van der Waals surface area contributed by atoms with Crippen LogP contribution in [0.4, 0.5) is 5.13 Å². The van der Waals surface area contributed by atoms with Crippen molar-refractivity contribution in [3.63, 3.8) is 0 Å². The number of amides is 1. The summed E-state index contributed by atoms with van der Waals surface area (Å²) >= 11 is 10.8. The van der Waals surface area contributed by atoms with E-state index in [4.69, 9.17) is 16.3 Å². The summed E-state index contributed by atoms with van der Waals surface area (Å²) in [5.41, 5.74) is 2.08. The molecule has 1 aromatic heterocycles. The van der Waals surface area contributed by atoms with Gasteiger partial charge < -0.3 is 4.74 Å². The molecule has 0 aliphatic carbocycles. The van der Waals surface area contributed by atoms with Crippen molar-refractivity contribution in [1.29, 1.82) is 0 Å². The number of rotatable bonds is 6. The van der Waals surface area contributed by atoms with Crippen LogP contribution in [-0.4, -0.2) is 35.8 Å². The number of hydrogen-bond donors (Lipinski definition) is 0. The van der Waals surface area contributed by atoms with Crippen molar-refractivity contribution in [3.05, 3.63) is 68.5 Å². The highest BCUT2D eigenvalue weighted by molar-refractivity contribution is 9.10. The Morgan fingerprint density at radius 2 is 2.00 bits per heavy atom. The van der Waals surface area contributed by atoms with Gasteiger partial charge in [0.2, 0.25) is 5.91 Å². The first-order chi connectivity index (χ1) is 15.3. The molecule has 0 radical (unpaired) electrons. The quantitative estimate of drug-likeness (QED) is 0.317. The van der Waals surface area contributed by atoms with Crippen LogP contribution in [0.25, 0.3) is 11.3 Å². The SMILES string of the molecule is Cc1sc(N2CC(C(=O)OCC(=O)c3ccc(Br)cc3)CC2=O)nc1-c1cccc(Cl)c1. The molecule has 1 atom stereocenters. The van der Waals surface area contributed by atoms with E-state index in [0.29, 0.717) is 15.7 Å². The smallest absolute Gasteiger partial charge is 0.311 e. The van der Waals surface area contributed by atoms with Crippen molar-refractivity contribution in [2.24, 2.45) is 5.92 Å². The molecule has 0 spiro atoms. The summed E-state index contributed by atoms with van der Waals surface area (Å²) in [5, 5.41) is 1.14. The van der Waals surface area contributed by atoms with Gasteiger partial charge in [0, 0.05) is 38.5 Å². The minimum atomic E-state index is -0.640. The Balaban J connectivity index is 1.41. The number of aromatic nitrogens is 1. The van der Waals surface area contributed by atoms with Crippen LogP contribution in [0.1, 0.15) is 21.7 Å². The van der Waals surface area contributed by atoms with E-state index in [0.717, 1.165) is 20.6 Å². The summed E-state index contributed by atoms with van der Waals surface area (Å²) < 4.78 is 6.06. The van der Waals surface area contributed by atoms with E-state index in [9.17, 15) is 14.4 Å². The Morgan fingerprint density at radius 1 is 1.25 bits per heavy atom. The Kier molecular flexibility index (Phi) is 6.74. The maximum absolute atomic E-state index is 12.6. The van der Waals surface area contributed by atoms with E-state index >= 15 is 0 Å². The first-order valence-corrected chi connectivity index (χ1v) is 11.8. The zero-order valence-electron chi connectivity index (χ0n) is 17.0. The number of Topliss-reactive ketones (excluding diaryl/α,β-unsaturated/α-hetero) is 1. The van der Waals surface area contributed by atoms with Crippen molar-refractivity contribution in [2.45, 2.75) is 13.3 Å². The maximum atomic E-state index is 12.6. The molecule has 0 bridgehead atoms. The maximum Gasteiger partial charge on any atom is 0.311 e. The molecule has 9 heteroatoms. The second-order valence-corrected chi connectivity index (χ2v) is 9.89. The largest absolute Gasteiger partial charge is 0.457 e. The topological polar surface area (TPSA) is 76.6 Å². The second kappa shape index (κ2) is 9.52. The third-order valence-corrected chi connectivity index (χ3v) is 6.84. The molecule has 1 amide bonds. The van der Waals surface area contributed by atoms with Crippen LogP contribution in [0.15, 0.2) is 53.0 Å². The number of hydrogen-bond acceptors (Lipinski definition) is 6. The molecule has 164 valence electrons.